The number of benzene rings is 2. The largest absolute Gasteiger partial charge is 0.376 e. The molecular formula is C20H23N3O2. The van der Waals surface area contributed by atoms with Gasteiger partial charge in [0.15, 0.2) is 0 Å². The fourth-order valence-corrected chi connectivity index (χ4v) is 2.74. The maximum atomic E-state index is 12.3. The van der Waals surface area contributed by atoms with Crippen LogP contribution in [0.5, 0.6) is 0 Å². The van der Waals surface area contributed by atoms with Crippen molar-refractivity contribution in [1.82, 2.24) is 5.32 Å². The molecule has 1 aliphatic rings. The van der Waals surface area contributed by atoms with Gasteiger partial charge in [-0.15, -0.1) is 0 Å². The molecule has 0 aromatic heterocycles. The van der Waals surface area contributed by atoms with Crippen molar-refractivity contribution in [3.8, 4) is 0 Å². The van der Waals surface area contributed by atoms with Gasteiger partial charge in [-0.3, -0.25) is 9.59 Å². The van der Waals surface area contributed by atoms with E-state index in [9.17, 15) is 9.59 Å². The quantitative estimate of drug-likeness (QED) is 0.758. The zero-order chi connectivity index (χ0) is 17.8. The molecule has 0 spiro atoms. The maximum absolute atomic E-state index is 12.3. The molecule has 3 N–H and O–H groups in total. The van der Waals surface area contributed by atoms with Gasteiger partial charge >= 0.3 is 0 Å². The zero-order valence-corrected chi connectivity index (χ0v) is 14.6. The van der Waals surface area contributed by atoms with Crippen LogP contribution in [0, 0.1) is 13.8 Å². The Morgan fingerprint density at radius 2 is 1.68 bits per heavy atom. The first-order valence-electron chi connectivity index (χ1n) is 8.54. The van der Waals surface area contributed by atoms with Crippen LogP contribution in [0.15, 0.2) is 42.5 Å². The molecule has 1 saturated carbocycles. The van der Waals surface area contributed by atoms with Gasteiger partial charge in [-0.05, 0) is 49.9 Å². The highest BCUT2D eigenvalue weighted by atomic mass is 16.2. The lowest BCUT2D eigenvalue weighted by Crippen LogP contribution is -2.28. The highest BCUT2D eigenvalue weighted by Crippen LogP contribution is 2.22. The summed E-state index contributed by atoms with van der Waals surface area (Å²) in [5, 5.41) is 8.96. The fourth-order valence-electron chi connectivity index (χ4n) is 2.74. The van der Waals surface area contributed by atoms with E-state index in [1.165, 1.54) is 0 Å². The van der Waals surface area contributed by atoms with E-state index in [0.717, 1.165) is 29.7 Å². The van der Waals surface area contributed by atoms with Crippen molar-refractivity contribution in [2.45, 2.75) is 32.7 Å². The molecule has 25 heavy (non-hydrogen) atoms. The van der Waals surface area contributed by atoms with Crippen LogP contribution in [0.25, 0.3) is 0 Å². The molecule has 5 nitrogen and oxygen atoms in total. The summed E-state index contributed by atoms with van der Waals surface area (Å²) >= 11 is 0. The van der Waals surface area contributed by atoms with Crippen molar-refractivity contribution in [2.75, 3.05) is 17.2 Å². The van der Waals surface area contributed by atoms with Crippen LogP contribution in [0.2, 0.25) is 0 Å². The van der Waals surface area contributed by atoms with E-state index < -0.39 is 0 Å². The number of rotatable bonds is 6. The molecule has 0 bridgehead atoms. The second kappa shape index (κ2) is 7.38. The molecular weight excluding hydrogens is 314 g/mol. The minimum Gasteiger partial charge on any atom is -0.376 e. The molecule has 1 fully saturated rings. The summed E-state index contributed by atoms with van der Waals surface area (Å²) < 4.78 is 0. The molecule has 2 amide bonds. The molecule has 1 aliphatic carbocycles. The van der Waals surface area contributed by atoms with E-state index in [-0.39, 0.29) is 24.4 Å². The Morgan fingerprint density at radius 1 is 1.00 bits per heavy atom. The minimum absolute atomic E-state index is 0.138. The number of hydrogen-bond donors (Lipinski definition) is 3. The molecule has 3 rings (SSSR count). The predicted molar refractivity (Wildman–Crippen MR) is 100.0 cm³/mol. The smallest absolute Gasteiger partial charge is 0.253 e. The second-order valence-corrected chi connectivity index (χ2v) is 6.46. The third-order valence-corrected chi connectivity index (χ3v) is 4.27. The average Bonchev–Trinajstić information content (AvgIpc) is 3.39. The lowest BCUT2D eigenvalue weighted by atomic mass is 10.1. The second-order valence-electron chi connectivity index (χ2n) is 6.46. The Balaban J connectivity index is 1.64. The van der Waals surface area contributed by atoms with Gasteiger partial charge in [-0.2, -0.15) is 0 Å². The van der Waals surface area contributed by atoms with E-state index in [1.807, 2.05) is 38.1 Å². The first-order chi connectivity index (χ1) is 12.0. The van der Waals surface area contributed by atoms with Crippen molar-refractivity contribution < 1.29 is 9.59 Å². The van der Waals surface area contributed by atoms with Gasteiger partial charge < -0.3 is 16.0 Å². The summed E-state index contributed by atoms with van der Waals surface area (Å²) in [4.78, 5) is 24.6. The van der Waals surface area contributed by atoms with Gasteiger partial charge in [0, 0.05) is 11.7 Å². The standard InChI is InChI=1S/C20H23N3O2/c1-13-6-5-7-14(2)19(13)21-12-18(24)23-17-9-4-3-8-16(17)20(25)22-15-10-11-15/h3-9,15,21H,10-12H2,1-2H3,(H,22,25)(H,23,24). The minimum atomic E-state index is -0.186. The highest BCUT2D eigenvalue weighted by Gasteiger charge is 2.25. The van der Waals surface area contributed by atoms with E-state index >= 15 is 0 Å². The Kier molecular flexibility index (Phi) is 5.03. The van der Waals surface area contributed by atoms with E-state index in [2.05, 4.69) is 16.0 Å². The third kappa shape index (κ3) is 4.38. The van der Waals surface area contributed by atoms with Crippen molar-refractivity contribution in [2.24, 2.45) is 0 Å². The number of hydrogen-bond acceptors (Lipinski definition) is 3. The first kappa shape index (κ1) is 17.0. The Morgan fingerprint density at radius 3 is 2.36 bits per heavy atom. The third-order valence-electron chi connectivity index (χ3n) is 4.27. The van der Waals surface area contributed by atoms with E-state index in [0.29, 0.717) is 11.3 Å². The average molecular weight is 337 g/mol. The van der Waals surface area contributed by atoms with Crippen molar-refractivity contribution in [3.63, 3.8) is 0 Å². The normalized spacial score (nSPS) is 13.2. The predicted octanol–water partition coefficient (Wildman–Crippen LogP) is 3.25. The number of nitrogens with one attached hydrogen (secondary N) is 3. The van der Waals surface area contributed by atoms with Gasteiger partial charge in [-0.25, -0.2) is 0 Å². The van der Waals surface area contributed by atoms with Gasteiger partial charge in [0.25, 0.3) is 5.91 Å². The summed E-state index contributed by atoms with van der Waals surface area (Å²) in [5.74, 6) is -0.324. The lowest BCUT2D eigenvalue weighted by Gasteiger charge is -2.14. The van der Waals surface area contributed by atoms with Crippen LogP contribution < -0.4 is 16.0 Å². The van der Waals surface area contributed by atoms with Crippen LogP contribution in [0.1, 0.15) is 34.3 Å². The van der Waals surface area contributed by atoms with Crippen LogP contribution in [0.4, 0.5) is 11.4 Å². The van der Waals surface area contributed by atoms with E-state index in [1.54, 1.807) is 18.2 Å². The molecule has 5 heteroatoms. The van der Waals surface area contributed by atoms with E-state index in [4.69, 9.17) is 0 Å². The van der Waals surface area contributed by atoms with Crippen molar-refractivity contribution in [3.05, 3.63) is 59.2 Å². The number of anilines is 2. The number of para-hydroxylation sites is 2. The molecule has 0 aliphatic heterocycles. The van der Waals surface area contributed by atoms with Gasteiger partial charge in [0.2, 0.25) is 5.91 Å². The first-order valence-corrected chi connectivity index (χ1v) is 8.54. The van der Waals surface area contributed by atoms with Gasteiger partial charge in [0.1, 0.15) is 0 Å². The lowest BCUT2D eigenvalue weighted by molar-refractivity contribution is -0.114. The Bertz CT molecular complexity index is 777. The fraction of sp³-hybridized carbons (Fsp3) is 0.300. The van der Waals surface area contributed by atoms with Crippen LogP contribution in [0.3, 0.4) is 0 Å². The zero-order valence-electron chi connectivity index (χ0n) is 14.6. The Labute approximate surface area is 147 Å². The highest BCUT2D eigenvalue weighted by molar-refractivity contribution is 6.04. The molecule has 2 aromatic rings. The summed E-state index contributed by atoms with van der Waals surface area (Å²) in [6.45, 7) is 4.15. The van der Waals surface area contributed by atoms with Gasteiger partial charge in [-0.1, -0.05) is 30.3 Å². The van der Waals surface area contributed by atoms with Crippen molar-refractivity contribution >= 4 is 23.2 Å². The number of carbonyl (C=O) groups excluding carboxylic acids is 2. The number of carbonyl (C=O) groups is 2. The summed E-state index contributed by atoms with van der Waals surface area (Å²) in [5.41, 5.74) is 4.19. The van der Waals surface area contributed by atoms with Crippen LogP contribution in [-0.2, 0) is 4.79 Å². The van der Waals surface area contributed by atoms with Gasteiger partial charge in [0.05, 0.1) is 17.8 Å². The van der Waals surface area contributed by atoms with Crippen molar-refractivity contribution in [1.29, 1.82) is 0 Å². The van der Waals surface area contributed by atoms with Crippen LogP contribution >= 0.6 is 0 Å². The molecule has 2 aromatic carbocycles. The molecule has 0 atom stereocenters. The number of aryl methyl sites for hydroxylation is 2. The topological polar surface area (TPSA) is 70.2 Å². The maximum Gasteiger partial charge on any atom is 0.253 e. The SMILES string of the molecule is Cc1cccc(C)c1NCC(=O)Nc1ccccc1C(=O)NC1CC1. The monoisotopic (exact) mass is 337 g/mol. The summed E-state index contributed by atoms with van der Waals surface area (Å²) in [6.07, 6.45) is 2.06. The summed E-state index contributed by atoms with van der Waals surface area (Å²) in [7, 11) is 0. The van der Waals surface area contributed by atoms with Crippen LogP contribution in [-0.4, -0.2) is 24.4 Å². The molecule has 0 heterocycles. The molecule has 0 saturated heterocycles. The summed E-state index contributed by atoms with van der Waals surface area (Å²) in [6, 6.07) is 13.4. The number of amides is 2. The Hall–Kier alpha value is -2.82. The molecule has 130 valence electrons. The molecule has 0 unspecified atom stereocenters. The molecule has 0 radical (unpaired) electrons.